The average molecular weight is 430 g/mol. The Morgan fingerprint density at radius 1 is 1.20 bits per heavy atom. The molecule has 4 rings (SSSR count). The smallest absolute Gasteiger partial charge is 0.216 e. The van der Waals surface area contributed by atoms with Gasteiger partial charge in [-0.25, -0.2) is 17.8 Å². The fourth-order valence-electron chi connectivity index (χ4n) is 3.75. The molecule has 0 amide bonds. The van der Waals surface area contributed by atoms with Crippen molar-refractivity contribution in [3.63, 3.8) is 0 Å². The molecule has 0 radical (unpaired) electrons. The molecule has 0 unspecified atom stereocenters. The van der Waals surface area contributed by atoms with Crippen LogP contribution in [-0.2, 0) is 10.0 Å². The standard InChI is InChI=1S/C22H24FN3O3S/c1-14(2)30(27,28)26-10-7-15(8-11-26)20-13-19-17(6-9-24-22(19)25-20)18-12-16(23)4-5-21(18)29-3/h4-7,9,12-14H,8,10-11H2,1-3H3,(H,24,25). The molecule has 3 aromatic rings. The summed E-state index contributed by atoms with van der Waals surface area (Å²) in [7, 11) is -1.71. The Morgan fingerprint density at radius 2 is 2.00 bits per heavy atom. The summed E-state index contributed by atoms with van der Waals surface area (Å²) in [6, 6.07) is 8.25. The third kappa shape index (κ3) is 3.61. The number of aromatic amines is 1. The zero-order chi connectivity index (χ0) is 21.5. The number of pyridine rings is 1. The van der Waals surface area contributed by atoms with Crippen molar-refractivity contribution in [3.05, 3.63) is 54.1 Å². The normalized spacial score (nSPS) is 15.6. The van der Waals surface area contributed by atoms with Crippen LogP contribution in [0.4, 0.5) is 4.39 Å². The van der Waals surface area contributed by atoms with Crippen molar-refractivity contribution < 1.29 is 17.5 Å². The summed E-state index contributed by atoms with van der Waals surface area (Å²) in [6.07, 6.45) is 4.22. The first-order chi connectivity index (χ1) is 14.3. The lowest BCUT2D eigenvalue weighted by atomic mass is 10.0. The molecule has 2 aromatic heterocycles. The summed E-state index contributed by atoms with van der Waals surface area (Å²) in [6.45, 7) is 4.18. The Kier molecular flexibility index (Phi) is 5.38. The maximum Gasteiger partial charge on any atom is 0.216 e. The molecule has 0 aliphatic carbocycles. The van der Waals surface area contributed by atoms with Gasteiger partial charge in [-0.15, -0.1) is 0 Å². The zero-order valence-electron chi connectivity index (χ0n) is 17.1. The minimum Gasteiger partial charge on any atom is -0.496 e. The average Bonchev–Trinajstić information content (AvgIpc) is 3.18. The highest BCUT2D eigenvalue weighted by Gasteiger charge is 2.27. The van der Waals surface area contributed by atoms with E-state index in [0.717, 1.165) is 22.2 Å². The van der Waals surface area contributed by atoms with Gasteiger partial charge in [0.25, 0.3) is 0 Å². The first-order valence-corrected chi connectivity index (χ1v) is 11.3. The number of methoxy groups -OCH3 is 1. The first kappa shape index (κ1) is 20.6. The molecule has 0 atom stereocenters. The number of hydrogen-bond acceptors (Lipinski definition) is 4. The summed E-state index contributed by atoms with van der Waals surface area (Å²) in [5.41, 5.74) is 4.09. The highest BCUT2D eigenvalue weighted by atomic mass is 32.2. The molecule has 1 aliphatic rings. The maximum absolute atomic E-state index is 13.9. The van der Waals surface area contributed by atoms with E-state index in [-0.39, 0.29) is 5.82 Å². The third-order valence-electron chi connectivity index (χ3n) is 5.46. The molecule has 3 heterocycles. The lowest BCUT2D eigenvalue weighted by Crippen LogP contribution is -2.39. The third-order valence-corrected chi connectivity index (χ3v) is 7.70. The van der Waals surface area contributed by atoms with Gasteiger partial charge in [0.15, 0.2) is 0 Å². The van der Waals surface area contributed by atoms with Crippen LogP contribution in [0.2, 0.25) is 0 Å². The van der Waals surface area contributed by atoms with Gasteiger partial charge in [0.2, 0.25) is 10.0 Å². The molecule has 6 nitrogen and oxygen atoms in total. The lowest BCUT2D eigenvalue weighted by molar-refractivity contribution is 0.415. The van der Waals surface area contributed by atoms with E-state index >= 15 is 0 Å². The van der Waals surface area contributed by atoms with Gasteiger partial charge in [-0.3, -0.25) is 0 Å². The second-order valence-electron chi connectivity index (χ2n) is 7.58. The van der Waals surface area contributed by atoms with E-state index in [1.165, 1.54) is 16.4 Å². The second-order valence-corrected chi connectivity index (χ2v) is 10.1. The first-order valence-electron chi connectivity index (χ1n) is 9.81. The van der Waals surface area contributed by atoms with Crippen LogP contribution in [0, 0.1) is 5.82 Å². The SMILES string of the molecule is COc1ccc(F)cc1-c1ccnc2[nH]c(C3=CCN(S(=O)(=O)C(C)C)CC3)cc12. The van der Waals surface area contributed by atoms with Crippen LogP contribution >= 0.6 is 0 Å². The van der Waals surface area contributed by atoms with Crippen LogP contribution in [0.15, 0.2) is 42.6 Å². The van der Waals surface area contributed by atoms with Crippen LogP contribution in [0.25, 0.3) is 27.7 Å². The van der Waals surface area contributed by atoms with Crippen LogP contribution in [0.1, 0.15) is 26.0 Å². The van der Waals surface area contributed by atoms with Crippen LogP contribution < -0.4 is 4.74 Å². The summed E-state index contributed by atoms with van der Waals surface area (Å²) < 4.78 is 45.6. The van der Waals surface area contributed by atoms with Crippen molar-refractivity contribution in [2.24, 2.45) is 0 Å². The van der Waals surface area contributed by atoms with Crippen molar-refractivity contribution in [2.45, 2.75) is 25.5 Å². The number of rotatable bonds is 5. The van der Waals surface area contributed by atoms with Crippen molar-refractivity contribution >= 4 is 26.6 Å². The Balaban J connectivity index is 1.72. The Labute approximate surface area is 175 Å². The Morgan fingerprint density at radius 3 is 2.67 bits per heavy atom. The van der Waals surface area contributed by atoms with Gasteiger partial charge in [0, 0.05) is 35.9 Å². The minimum absolute atomic E-state index is 0.340. The monoisotopic (exact) mass is 429 g/mol. The van der Waals surface area contributed by atoms with Crippen LogP contribution in [0.5, 0.6) is 5.75 Å². The maximum atomic E-state index is 13.9. The molecule has 0 saturated carbocycles. The number of nitrogens with zero attached hydrogens (tertiary/aromatic N) is 2. The summed E-state index contributed by atoms with van der Waals surface area (Å²) in [4.78, 5) is 7.74. The van der Waals surface area contributed by atoms with Gasteiger partial charge in [-0.2, -0.15) is 4.31 Å². The van der Waals surface area contributed by atoms with Crippen LogP contribution in [0.3, 0.4) is 0 Å². The molecule has 8 heteroatoms. The predicted molar refractivity (Wildman–Crippen MR) is 116 cm³/mol. The molecule has 1 N–H and O–H groups in total. The largest absolute Gasteiger partial charge is 0.496 e. The van der Waals surface area contributed by atoms with E-state index in [2.05, 4.69) is 9.97 Å². The van der Waals surface area contributed by atoms with Gasteiger partial charge >= 0.3 is 0 Å². The van der Waals surface area contributed by atoms with E-state index < -0.39 is 15.3 Å². The van der Waals surface area contributed by atoms with Gasteiger partial charge in [-0.1, -0.05) is 6.08 Å². The highest BCUT2D eigenvalue weighted by Crippen LogP contribution is 2.36. The van der Waals surface area contributed by atoms with Gasteiger partial charge < -0.3 is 9.72 Å². The summed E-state index contributed by atoms with van der Waals surface area (Å²) in [5.74, 6) is 0.242. The molecule has 1 aliphatic heterocycles. The number of fused-ring (bicyclic) bond motifs is 1. The molecule has 0 saturated heterocycles. The Bertz CT molecular complexity index is 1230. The summed E-state index contributed by atoms with van der Waals surface area (Å²) in [5, 5.41) is 0.420. The molecule has 0 spiro atoms. The minimum atomic E-state index is -3.27. The molecular weight excluding hydrogens is 405 g/mol. The number of ether oxygens (including phenoxy) is 1. The number of H-pyrrole nitrogens is 1. The molecular formula is C22H24FN3O3S. The van der Waals surface area contributed by atoms with E-state index in [4.69, 9.17) is 4.74 Å². The number of halogens is 1. The van der Waals surface area contributed by atoms with Crippen LogP contribution in [-0.4, -0.2) is 48.1 Å². The van der Waals surface area contributed by atoms with E-state index in [0.29, 0.717) is 36.5 Å². The number of hydrogen-bond donors (Lipinski definition) is 1. The quantitative estimate of drug-likeness (QED) is 0.659. The number of sulfonamides is 1. The van der Waals surface area contributed by atoms with E-state index in [9.17, 15) is 12.8 Å². The second kappa shape index (κ2) is 7.85. The van der Waals surface area contributed by atoms with E-state index in [1.54, 1.807) is 33.2 Å². The van der Waals surface area contributed by atoms with Gasteiger partial charge in [0.1, 0.15) is 17.2 Å². The molecule has 30 heavy (non-hydrogen) atoms. The number of aromatic nitrogens is 2. The topological polar surface area (TPSA) is 75.3 Å². The lowest BCUT2D eigenvalue weighted by Gasteiger charge is -2.27. The molecule has 1 aromatic carbocycles. The van der Waals surface area contributed by atoms with Crippen molar-refractivity contribution in [1.29, 1.82) is 0 Å². The van der Waals surface area contributed by atoms with Crippen molar-refractivity contribution in [3.8, 4) is 16.9 Å². The molecule has 0 bridgehead atoms. The fraction of sp³-hybridized carbons (Fsp3) is 0.318. The summed E-state index contributed by atoms with van der Waals surface area (Å²) >= 11 is 0. The molecule has 0 fully saturated rings. The highest BCUT2D eigenvalue weighted by molar-refractivity contribution is 7.89. The molecule has 158 valence electrons. The van der Waals surface area contributed by atoms with Gasteiger partial charge in [-0.05, 0) is 61.7 Å². The predicted octanol–water partition coefficient (Wildman–Crippen LogP) is 4.20. The Hall–Kier alpha value is -2.71. The number of benzene rings is 1. The number of nitrogens with one attached hydrogen (secondary N) is 1. The zero-order valence-corrected chi connectivity index (χ0v) is 18.0. The van der Waals surface area contributed by atoms with E-state index in [1.807, 2.05) is 18.2 Å². The van der Waals surface area contributed by atoms with Crippen molar-refractivity contribution in [2.75, 3.05) is 20.2 Å². The van der Waals surface area contributed by atoms with Crippen molar-refractivity contribution in [1.82, 2.24) is 14.3 Å². The fourth-order valence-corrected chi connectivity index (χ4v) is 4.97. The van der Waals surface area contributed by atoms with Gasteiger partial charge in [0.05, 0.1) is 12.4 Å².